The SMILES string of the molecule is CC(=O)N1CCC(Nc2nc(-c3ccnc(Nc4c(F)cccc4F)c3)nc3cncc(C4CC4)c23)CC1. The first-order valence-corrected chi connectivity index (χ1v) is 12.8. The first kappa shape index (κ1) is 24.1. The number of hydrogen-bond acceptors (Lipinski definition) is 7. The van der Waals surface area contributed by atoms with Crippen molar-refractivity contribution >= 4 is 34.1 Å². The maximum atomic E-state index is 14.2. The Morgan fingerprint density at radius 2 is 1.79 bits per heavy atom. The third-order valence-corrected chi connectivity index (χ3v) is 7.17. The van der Waals surface area contributed by atoms with Crippen molar-refractivity contribution in [1.82, 2.24) is 24.8 Å². The van der Waals surface area contributed by atoms with E-state index < -0.39 is 11.6 Å². The lowest BCUT2D eigenvalue weighted by Gasteiger charge is -2.32. The zero-order valence-electron chi connectivity index (χ0n) is 20.9. The summed E-state index contributed by atoms with van der Waals surface area (Å²) in [4.78, 5) is 32.1. The Kier molecular flexibility index (Phi) is 6.30. The molecule has 194 valence electrons. The average molecular weight is 516 g/mol. The Labute approximate surface area is 218 Å². The van der Waals surface area contributed by atoms with Crippen molar-refractivity contribution in [2.75, 3.05) is 23.7 Å². The predicted molar refractivity (Wildman–Crippen MR) is 141 cm³/mol. The van der Waals surface area contributed by atoms with Gasteiger partial charge in [-0.05, 0) is 61.4 Å². The van der Waals surface area contributed by atoms with Gasteiger partial charge in [0.2, 0.25) is 5.91 Å². The minimum absolute atomic E-state index is 0.0951. The van der Waals surface area contributed by atoms with Crippen molar-refractivity contribution in [3.63, 3.8) is 0 Å². The summed E-state index contributed by atoms with van der Waals surface area (Å²) < 4.78 is 28.4. The number of fused-ring (bicyclic) bond motifs is 1. The van der Waals surface area contributed by atoms with Crippen LogP contribution in [0.1, 0.15) is 44.1 Å². The Hall–Kier alpha value is -4.21. The molecule has 10 heteroatoms. The van der Waals surface area contributed by atoms with Crippen LogP contribution in [0, 0.1) is 11.6 Å². The molecule has 3 aromatic heterocycles. The van der Waals surface area contributed by atoms with Crippen molar-refractivity contribution in [2.45, 2.75) is 44.6 Å². The van der Waals surface area contributed by atoms with Gasteiger partial charge in [-0.25, -0.2) is 23.7 Å². The Balaban J connectivity index is 1.36. The average Bonchev–Trinajstić information content (AvgIpc) is 3.76. The van der Waals surface area contributed by atoms with E-state index in [1.807, 2.05) is 11.1 Å². The monoisotopic (exact) mass is 515 g/mol. The number of carbonyl (C=O) groups is 1. The summed E-state index contributed by atoms with van der Waals surface area (Å²) in [5.74, 6) is 0.592. The van der Waals surface area contributed by atoms with Crippen LogP contribution in [0.5, 0.6) is 0 Å². The quantitative estimate of drug-likeness (QED) is 0.355. The van der Waals surface area contributed by atoms with Crippen molar-refractivity contribution in [3.8, 4) is 11.4 Å². The number of amides is 1. The molecule has 1 saturated heterocycles. The van der Waals surface area contributed by atoms with Gasteiger partial charge in [0, 0.05) is 49.4 Å². The highest BCUT2D eigenvalue weighted by Gasteiger charge is 2.29. The smallest absolute Gasteiger partial charge is 0.219 e. The second kappa shape index (κ2) is 9.92. The van der Waals surface area contributed by atoms with Gasteiger partial charge in [0.25, 0.3) is 0 Å². The number of para-hydroxylation sites is 1. The lowest BCUT2D eigenvalue weighted by atomic mass is 10.0. The summed E-state index contributed by atoms with van der Waals surface area (Å²) >= 11 is 0. The number of nitrogens with zero attached hydrogens (tertiary/aromatic N) is 5. The van der Waals surface area contributed by atoms with Gasteiger partial charge in [-0.2, -0.15) is 0 Å². The summed E-state index contributed by atoms with van der Waals surface area (Å²) in [5, 5.41) is 7.35. The summed E-state index contributed by atoms with van der Waals surface area (Å²) in [6.45, 7) is 3.00. The molecule has 0 spiro atoms. The molecule has 38 heavy (non-hydrogen) atoms. The van der Waals surface area contributed by atoms with E-state index in [1.54, 1.807) is 31.5 Å². The normalized spacial score (nSPS) is 16.0. The first-order valence-electron chi connectivity index (χ1n) is 12.8. The molecule has 2 fully saturated rings. The Morgan fingerprint density at radius 1 is 1.03 bits per heavy atom. The van der Waals surface area contributed by atoms with Crippen LogP contribution in [0.2, 0.25) is 0 Å². The van der Waals surface area contributed by atoms with Crippen molar-refractivity contribution in [1.29, 1.82) is 0 Å². The van der Waals surface area contributed by atoms with Crippen molar-refractivity contribution in [3.05, 3.63) is 66.1 Å². The van der Waals surface area contributed by atoms with E-state index in [4.69, 9.17) is 9.97 Å². The van der Waals surface area contributed by atoms with Crippen LogP contribution in [-0.4, -0.2) is 49.9 Å². The summed E-state index contributed by atoms with van der Waals surface area (Å²) in [6, 6.07) is 7.27. The molecule has 0 atom stereocenters. The standard InChI is InChI=1S/C28H27F2N7O/c1-16(38)37-11-8-19(9-12-37)33-28-25-20(17-5-6-17)14-31-15-23(25)34-27(36-28)18-7-10-32-24(13-18)35-26-21(29)3-2-4-22(26)30/h2-4,7,10,13-15,17,19H,5-6,8-9,11-12H2,1H3,(H,32,35)(H,33,34,36). The fraction of sp³-hybridized carbons (Fsp3) is 0.321. The van der Waals surface area contributed by atoms with Crippen LogP contribution in [0.15, 0.2) is 48.9 Å². The number of likely N-dealkylation sites (tertiary alicyclic amines) is 1. The summed E-state index contributed by atoms with van der Waals surface area (Å²) in [5.41, 5.74) is 2.25. The molecule has 1 aliphatic carbocycles. The van der Waals surface area contributed by atoms with Crippen LogP contribution in [0.3, 0.4) is 0 Å². The number of anilines is 3. The van der Waals surface area contributed by atoms with E-state index in [0.29, 0.717) is 30.4 Å². The fourth-order valence-corrected chi connectivity index (χ4v) is 4.96. The summed E-state index contributed by atoms with van der Waals surface area (Å²) in [6.07, 6.45) is 9.07. The zero-order chi connectivity index (χ0) is 26.2. The molecule has 0 bridgehead atoms. The van der Waals surface area contributed by atoms with Gasteiger partial charge in [-0.1, -0.05) is 6.07 Å². The number of carbonyl (C=O) groups excluding carboxylic acids is 1. The molecule has 0 radical (unpaired) electrons. The highest BCUT2D eigenvalue weighted by atomic mass is 19.1. The minimum atomic E-state index is -0.708. The van der Waals surface area contributed by atoms with Crippen molar-refractivity contribution in [2.24, 2.45) is 0 Å². The second-order valence-corrected chi connectivity index (χ2v) is 9.87. The number of benzene rings is 1. The Bertz CT molecular complexity index is 1500. The van der Waals surface area contributed by atoms with Crippen molar-refractivity contribution < 1.29 is 13.6 Å². The maximum Gasteiger partial charge on any atom is 0.219 e. The first-order chi connectivity index (χ1) is 18.5. The molecule has 1 aromatic carbocycles. The third kappa shape index (κ3) is 4.85. The third-order valence-electron chi connectivity index (χ3n) is 7.17. The molecule has 8 nitrogen and oxygen atoms in total. The van der Waals surface area contributed by atoms with Crippen LogP contribution < -0.4 is 10.6 Å². The van der Waals surface area contributed by atoms with E-state index in [9.17, 15) is 13.6 Å². The minimum Gasteiger partial charge on any atom is -0.367 e. The molecule has 1 aliphatic heterocycles. The highest BCUT2D eigenvalue weighted by molar-refractivity contribution is 5.93. The van der Waals surface area contributed by atoms with Gasteiger partial charge in [0.05, 0.1) is 11.7 Å². The van der Waals surface area contributed by atoms with Crippen LogP contribution >= 0.6 is 0 Å². The van der Waals surface area contributed by atoms with Gasteiger partial charge in [-0.15, -0.1) is 0 Å². The maximum absolute atomic E-state index is 14.2. The van der Waals surface area contributed by atoms with E-state index in [2.05, 4.69) is 20.6 Å². The van der Waals surface area contributed by atoms with Gasteiger partial charge in [0.1, 0.15) is 29.0 Å². The largest absolute Gasteiger partial charge is 0.367 e. The Morgan fingerprint density at radius 3 is 2.50 bits per heavy atom. The zero-order valence-corrected chi connectivity index (χ0v) is 20.9. The van der Waals surface area contributed by atoms with Gasteiger partial charge in [0.15, 0.2) is 5.82 Å². The fourth-order valence-electron chi connectivity index (χ4n) is 4.96. The topological polar surface area (TPSA) is 95.9 Å². The van der Waals surface area contributed by atoms with Gasteiger partial charge < -0.3 is 15.5 Å². The number of aromatic nitrogens is 4. The van der Waals surface area contributed by atoms with Crippen LogP contribution in [0.25, 0.3) is 22.3 Å². The summed E-state index contributed by atoms with van der Waals surface area (Å²) in [7, 11) is 0. The van der Waals surface area contributed by atoms with E-state index in [0.717, 1.165) is 48.0 Å². The van der Waals surface area contributed by atoms with Crippen LogP contribution in [-0.2, 0) is 4.79 Å². The highest BCUT2D eigenvalue weighted by Crippen LogP contribution is 2.44. The molecular formula is C28H27F2N7O. The molecule has 1 saturated carbocycles. The molecular weight excluding hydrogens is 488 g/mol. The van der Waals surface area contributed by atoms with E-state index in [-0.39, 0.29) is 23.5 Å². The number of hydrogen-bond donors (Lipinski definition) is 2. The molecule has 2 aliphatic rings. The molecule has 6 rings (SSSR count). The number of pyridine rings is 2. The lowest BCUT2D eigenvalue weighted by Crippen LogP contribution is -2.41. The molecule has 1 amide bonds. The van der Waals surface area contributed by atoms with Gasteiger partial charge >= 0.3 is 0 Å². The molecule has 2 N–H and O–H groups in total. The predicted octanol–water partition coefficient (Wildman–Crippen LogP) is 5.41. The molecule has 4 aromatic rings. The second-order valence-electron chi connectivity index (χ2n) is 9.87. The van der Waals surface area contributed by atoms with Gasteiger partial charge in [-0.3, -0.25) is 9.78 Å². The number of nitrogens with one attached hydrogen (secondary N) is 2. The van der Waals surface area contributed by atoms with Crippen LogP contribution in [0.4, 0.5) is 26.1 Å². The number of rotatable bonds is 6. The number of piperidine rings is 1. The number of halogens is 2. The van der Waals surface area contributed by atoms with E-state index in [1.165, 1.54) is 18.2 Å². The lowest BCUT2D eigenvalue weighted by molar-refractivity contribution is -0.129. The molecule has 4 heterocycles. The molecule has 0 unspecified atom stereocenters. The van der Waals surface area contributed by atoms with E-state index >= 15 is 0 Å².